The average Bonchev–Trinajstić information content (AvgIpc) is 2.44. The first kappa shape index (κ1) is 15.9. The lowest BCUT2D eigenvalue weighted by Gasteiger charge is -2.26. The van der Waals surface area contributed by atoms with Crippen molar-refractivity contribution in [2.45, 2.75) is 51.2 Å². The van der Waals surface area contributed by atoms with Gasteiger partial charge in [-0.05, 0) is 62.5 Å². The van der Waals surface area contributed by atoms with Gasteiger partial charge < -0.3 is 10.4 Å². The quantitative estimate of drug-likeness (QED) is 0.844. The lowest BCUT2D eigenvalue weighted by Crippen LogP contribution is -2.40. The molecule has 0 spiro atoms. The summed E-state index contributed by atoms with van der Waals surface area (Å²) >= 11 is 1.68. The van der Waals surface area contributed by atoms with Gasteiger partial charge in [0.25, 0.3) is 0 Å². The van der Waals surface area contributed by atoms with E-state index in [2.05, 4.69) is 30.4 Å². The Kier molecular flexibility index (Phi) is 5.53. The maximum atomic E-state index is 10.2. The van der Waals surface area contributed by atoms with Crippen molar-refractivity contribution in [2.24, 2.45) is 0 Å². The monoisotopic (exact) mass is 293 g/mol. The first-order valence-electron chi connectivity index (χ1n) is 7.58. The SMILES string of the molecule is CSCC(C)(O)CNC(C)c1ccc2c(c1)CCCC2. The zero-order chi connectivity index (χ0) is 14.6. The van der Waals surface area contributed by atoms with Gasteiger partial charge in [0.05, 0.1) is 5.60 Å². The van der Waals surface area contributed by atoms with Gasteiger partial charge in [0.15, 0.2) is 0 Å². The van der Waals surface area contributed by atoms with Gasteiger partial charge in [-0.25, -0.2) is 0 Å². The zero-order valence-electron chi connectivity index (χ0n) is 12.9. The van der Waals surface area contributed by atoms with E-state index in [0.29, 0.717) is 6.54 Å². The van der Waals surface area contributed by atoms with Crippen LogP contribution in [0.5, 0.6) is 0 Å². The van der Waals surface area contributed by atoms with Crippen molar-refractivity contribution in [3.8, 4) is 0 Å². The second-order valence-electron chi connectivity index (χ2n) is 6.27. The molecular formula is C17H27NOS. The lowest BCUT2D eigenvalue weighted by molar-refractivity contribution is 0.0821. The maximum absolute atomic E-state index is 10.2. The molecule has 112 valence electrons. The van der Waals surface area contributed by atoms with Crippen LogP contribution in [0.2, 0.25) is 0 Å². The summed E-state index contributed by atoms with van der Waals surface area (Å²) in [5.74, 6) is 0.761. The van der Waals surface area contributed by atoms with Crippen LogP contribution < -0.4 is 5.32 Å². The molecule has 2 atom stereocenters. The van der Waals surface area contributed by atoms with E-state index < -0.39 is 5.60 Å². The standard InChI is InChI=1S/C17H27NOS/c1-13(18-11-17(2,19)12-20-3)15-9-8-14-6-4-5-7-16(14)10-15/h8-10,13,18-19H,4-7,11-12H2,1-3H3. The van der Waals surface area contributed by atoms with Gasteiger partial charge in [0.2, 0.25) is 0 Å². The van der Waals surface area contributed by atoms with Crippen LogP contribution in [0.3, 0.4) is 0 Å². The molecule has 2 nitrogen and oxygen atoms in total. The summed E-state index contributed by atoms with van der Waals surface area (Å²) in [7, 11) is 0. The summed E-state index contributed by atoms with van der Waals surface area (Å²) in [5.41, 5.74) is 3.76. The van der Waals surface area contributed by atoms with Gasteiger partial charge >= 0.3 is 0 Å². The molecule has 3 heteroatoms. The summed E-state index contributed by atoms with van der Waals surface area (Å²) in [4.78, 5) is 0. The van der Waals surface area contributed by atoms with Crippen molar-refractivity contribution < 1.29 is 5.11 Å². The lowest BCUT2D eigenvalue weighted by atomic mass is 9.89. The fourth-order valence-electron chi connectivity index (χ4n) is 2.88. The predicted molar refractivity (Wildman–Crippen MR) is 88.5 cm³/mol. The van der Waals surface area contributed by atoms with Gasteiger partial charge in [-0.1, -0.05) is 18.2 Å². The molecule has 0 radical (unpaired) electrons. The Morgan fingerprint density at radius 1 is 1.30 bits per heavy atom. The van der Waals surface area contributed by atoms with Crippen molar-refractivity contribution in [1.82, 2.24) is 5.32 Å². The molecular weight excluding hydrogens is 266 g/mol. The largest absolute Gasteiger partial charge is 0.388 e. The maximum Gasteiger partial charge on any atom is 0.0833 e. The molecule has 2 unspecified atom stereocenters. The fourth-order valence-corrected chi connectivity index (χ4v) is 3.60. The van der Waals surface area contributed by atoms with Crippen LogP contribution in [0.1, 0.15) is 49.4 Å². The normalized spacial score (nSPS) is 19.2. The predicted octanol–water partition coefficient (Wildman–Crippen LogP) is 3.33. The minimum atomic E-state index is -0.637. The molecule has 0 fully saturated rings. The third kappa shape index (κ3) is 4.24. The van der Waals surface area contributed by atoms with Crippen LogP contribution in [-0.2, 0) is 12.8 Å². The molecule has 0 aromatic heterocycles. The molecule has 0 saturated carbocycles. The first-order chi connectivity index (χ1) is 9.52. The number of benzene rings is 1. The zero-order valence-corrected chi connectivity index (χ0v) is 13.7. The minimum Gasteiger partial charge on any atom is -0.388 e. The van der Waals surface area contributed by atoms with Gasteiger partial charge in [0.1, 0.15) is 0 Å². The van der Waals surface area contributed by atoms with E-state index in [0.717, 1.165) is 5.75 Å². The van der Waals surface area contributed by atoms with E-state index in [1.165, 1.54) is 42.4 Å². The fraction of sp³-hybridized carbons (Fsp3) is 0.647. The highest BCUT2D eigenvalue weighted by atomic mass is 32.2. The smallest absolute Gasteiger partial charge is 0.0833 e. The van der Waals surface area contributed by atoms with Crippen molar-refractivity contribution in [2.75, 3.05) is 18.6 Å². The molecule has 1 aliphatic rings. The highest BCUT2D eigenvalue weighted by molar-refractivity contribution is 7.98. The molecule has 1 aromatic rings. The molecule has 20 heavy (non-hydrogen) atoms. The van der Waals surface area contributed by atoms with Crippen LogP contribution in [0.15, 0.2) is 18.2 Å². The molecule has 0 bridgehead atoms. The van der Waals surface area contributed by atoms with Crippen molar-refractivity contribution in [3.63, 3.8) is 0 Å². The summed E-state index contributed by atoms with van der Waals surface area (Å²) in [6.07, 6.45) is 7.14. The molecule has 2 rings (SSSR count). The molecule has 1 aliphatic carbocycles. The summed E-state index contributed by atoms with van der Waals surface area (Å²) in [6.45, 7) is 4.71. The minimum absolute atomic E-state index is 0.288. The molecule has 0 heterocycles. The second-order valence-corrected chi connectivity index (χ2v) is 7.13. The summed E-state index contributed by atoms with van der Waals surface area (Å²) in [5, 5.41) is 13.7. The third-order valence-corrected chi connectivity index (χ3v) is 5.03. The third-order valence-electron chi connectivity index (χ3n) is 4.12. The Morgan fingerprint density at radius 3 is 2.70 bits per heavy atom. The number of nitrogens with one attached hydrogen (secondary N) is 1. The molecule has 2 N–H and O–H groups in total. The van der Waals surface area contributed by atoms with Gasteiger partial charge in [-0.2, -0.15) is 11.8 Å². The topological polar surface area (TPSA) is 32.3 Å². The Morgan fingerprint density at radius 2 is 2.00 bits per heavy atom. The number of hydrogen-bond acceptors (Lipinski definition) is 3. The highest BCUT2D eigenvalue weighted by Crippen LogP contribution is 2.25. The van der Waals surface area contributed by atoms with Crippen molar-refractivity contribution >= 4 is 11.8 Å². The van der Waals surface area contributed by atoms with Crippen molar-refractivity contribution in [3.05, 3.63) is 34.9 Å². The van der Waals surface area contributed by atoms with Crippen LogP contribution in [-0.4, -0.2) is 29.3 Å². The molecule has 0 amide bonds. The second kappa shape index (κ2) is 6.97. The van der Waals surface area contributed by atoms with Gasteiger partial charge in [-0.15, -0.1) is 0 Å². The van der Waals surface area contributed by atoms with Crippen molar-refractivity contribution in [1.29, 1.82) is 0 Å². The number of aryl methyl sites for hydroxylation is 2. The Labute approximate surface area is 127 Å². The number of fused-ring (bicyclic) bond motifs is 1. The molecule has 0 aliphatic heterocycles. The van der Waals surface area contributed by atoms with Crippen LogP contribution in [0, 0.1) is 0 Å². The van der Waals surface area contributed by atoms with Gasteiger partial charge in [0, 0.05) is 18.3 Å². The van der Waals surface area contributed by atoms with Crippen LogP contribution in [0.25, 0.3) is 0 Å². The van der Waals surface area contributed by atoms with Crippen LogP contribution >= 0.6 is 11.8 Å². The number of rotatable bonds is 6. The number of hydrogen-bond donors (Lipinski definition) is 2. The van der Waals surface area contributed by atoms with Gasteiger partial charge in [-0.3, -0.25) is 0 Å². The highest BCUT2D eigenvalue weighted by Gasteiger charge is 2.20. The summed E-state index contributed by atoms with van der Waals surface area (Å²) < 4.78 is 0. The Hall–Kier alpha value is -0.510. The Bertz CT molecular complexity index is 445. The van der Waals surface area contributed by atoms with E-state index in [4.69, 9.17) is 0 Å². The van der Waals surface area contributed by atoms with E-state index in [9.17, 15) is 5.11 Å². The number of aliphatic hydroxyl groups is 1. The summed E-state index contributed by atoms with van der Waals surface area (Å²) in [6, 6.07) is 7.18. The van der Waals surface area contributed by atoms with Crippen LogP contribution in [0.4, 0.5) is 0 Å². The molecule has 1 aromatic carbocycles. The number of thioether (sulfide) groups is 1. The Balaban J connectivity index is 1.97. The average molecular weight is 293 g/mol. The van der Waals surface area contributed by atoms with E-state index in [1.807, 2.05) is 13.2 Å². The first-order valence-corrected chi connectivity index (χ1v) is 8.97. The van der Waals surface area contributed by atoms with E-state index >= 15 is 0 Å². The van der Waals surface area contributed by atoms with E-state index in [-0.39, 0.29) is 6.04 Å². The van der Waals surface area contributed by atoms with E-state index in [1.54, 1.807) is 11.8 Å². The molecule has 0 saturated heterocycles.